The third-order valence-corrected chi connectivity index (χ3v) is 6.33. The van der Waals surface area contributed by atoms with E-state index in [2.05, 4.69) is 55.5 Å². The Labute approximate surface area is 149 Å². The molecule has 1 nitrogen and oxygen atoms in total. The molecule has 0 saturated carbocycles. The van der Waals surface area contributed by atoms with Crippen molar-refractivity contribution in [2.75, 3.05) is 0 Å². The maximum Gasteiger partial charge on any atom is 0.123 e. The summed E-state index contributed by atoms with van der Waals surface area (Å²) in [5.41, 5.74) is 3.28. The summed E-state index contributed by atoms with van der Waals surface area (Å²) in [6.07, 6.45) is 0. The number of hydrogen-bond acceptors (Lipinski definition) is 3. The summed E-state index contributed by atoms with van der Waals surface area (Å²) >= 11 is 3.54. The predicted octanol–water partition coefficient (Wildman–Crippen LogP) is 6.73. The molecule has 0 saturated heterocycles. The van der Waals surface area contributed by atoms with Gasteiger partial charge in [0.1, 0.15) is 5.75 Å². The highest BCUT2D eigenvalue weighted by Gasteiger charge is 2.17. The smallest absolute Gasteiger partial charge is 0.123 e. The fraction of sp³-hybridized carbons (Fsp3) is 0.0476. The van der Waals surface area contributed by atoms with Crippen LogP contribution in [-0.4, -0.2) is 5.11 Å². The van der Waals surface area contributed by atoms with Crippen LogP contribution < -0.4 is 0 Å². The molecule has 4 rings (SSSR count). The van der Waals surface area contributed by atoms with Crippen LogP contribution in [0.1, 0.15) is 5.56 Å². The Morgan fingerprint density at radius 3 is 2.33 bits per heavy atom. The van der Waals surface area contributed by atoms with E-state index >= 15 is 0 Å². The monoisotopic (exact) mass is 348 g/mol. The molecule has 1 aromatic heterocycles. The van der Waals surface area contributed by atoms with Crippen molar-refractivity contribution in [1.29, 1.82) is 0 Å². The second kappa shape index (κ2) is 6.34. The van der Waals surface area contributed by atoms with Crippen LogP contribution in [0.3, 0.4) is 0 Å². The van der Waals surface area contributed by atoms with E-state index in [0.29, 0.717) is 5.75 Å². The number of thiophene rings is 1. The number of aromatic hydroxyl groups is 1. The molecule has 0 fully saturated rings. The number of phenolic OH excluding ortho intramolecular Hbond substituents is 1. The normalized spacial score (nSPS) is 11.0. The van der Waals surface area contributed by atoms with Crippen molar-refractivity contribution in [2.45, 2.75) is 16.0 Å². The van der Waals surface area contributed by atoms with Gasteiger partial charge in [-0.3, -0.25) is 0 Å². The van der Waals surface area contributed by atoms with Gasteiger partial charge in [0.15, 0.2) is 0 Å². The molecule has 118 valence electrons. The van der Waals surface area contributed by atoms with Gasteiger partial charge in [-0.1, -0.05) is 65.9 Å². The standard InChI is InChI=1S/C21H16OS2/c1-14-10-12-15(13-11-14)23-21-20(16-6-2-4-8-18(16)22)17-7-3-5-9-19(17)24-21/h2-13,22H,1H3. The van der Waals surface area contributed by atoms with Crippen LogP contribution in [0.25, 0.3) is 21.2 Å². The number of aryl methyl sites for hydroxylation is 1. The molecular formula is C21H16OS2. The summed E-state index contributed by atoms with van der Waals surface area (Å²) in [6.45, 7) is 2.10. The Kier molecular flexibility index (Phi) is 4.05. The molecule has 0 aliphatic heterocycles. The Morgan fingerprint density at radius 1 is 0.833 bits per heavy atom. The quantitative estimate of drug-likeness (QED) is 0.443. The minimum atomic E-state index is 0.326. The first-order chi connectivity index (χ1) is 11.7. The highest BCUT2D eigenvalue weighted by molar-refractivity contribution is 8.01. The molecular weight excluding hydrogens is 332 g/mol. The molecule has 24 heavy (non-hydrogen) atoms. The number of para-hydroxylation sites is 1. The van der Waals surface area contributed by atoms with Crippen LogP contribution in [0, 0.1) is 6.92 Å². The van der Waals surface area contributed by atoms with Gasteiger partial charge < -0.3 is 5.11 Å². The predicted molar refractivity (Wildman–Crippen MR) is 104 cm³/mol. The minimum Gasteiger partial charge on any atom is -0.507 e. The van der Waals surface area contributed by atoms with Gasteiger partial charge in [0.2, 0.25) is 0 Å². The summed E-state index contributed by atoms with van der Waals surface area (Å²) < 4.78 is 2.45. The number of hydrogen-bond donors (Lipinski definition) is 1. The van der Waals surface area contributed by atoms with Gasteiger partial charge in [0.05, 0.1) is 4.21 Å². The third-order valence-electron chi connectivity index (χ3n) is 3.97. The Balaban J connectivity index is 1.90. The molecule has 3 aromatic carbocycles. The third kappa shape index (κ3) is 2.81. The Morgan fingerprint density at radius 2 is 1.54 bits per heavy atom. The van der Waals surface area contributed by atoms with Gasteiger partial charge in [-0.15, -0.1) is 11.3 Å². The fourth-order valence-electron chi connectivity index (χ4n) is 2.75. The van der Waals surface area contributed by atoms with E-state index in [1.807, 2.05) is 18.2 Å². The van der Waals surface area contributed by atoms with Crippen molar-refractivity contribution in [2.24, 2.45) is 0 Å². The molecule has 4 aromatic rings. The highest BCUT2D eigenvalue weighted by atomic mass is 32.2. The zero-order valence-corrected chi connectivity index (χ0v) is 14.8. The molecule has 3 heteroatoms. The molecule has 0 bridgehead atoms. The zero-order chi connectivity index (χ0) is 16.5. The van der Waals surface area contributed by atoms with Crippen LogP contribution in [0.4, 0.5) is 0 Å². The van der Waals surface area contributed by atoms with Gasteiger partial charge in [-0.2, -0.15) is 0 Å². The second-order valence-electron chi connectivity index (χ2n) is 5.69. The van der Waals surface area contributed by atoms with E-state index in [1.54, 1.807) is 29.2 Å². The molecule has 0 amide bonds. The zero-order valence-electron chi connectivity index (χ0n) is 13.2. The number of fused-ring (bicyclic) bond motifs is 1. The molecule has 1 N–H and O–H groups in total. The van der Waals surface area contributed by atoms with Crippen molar-refractivity contribution < 1.29 is 5.11 Å². The van der Waals surface area contributed by atoms with Gasteiger partial charge in [-0.25, -0.2) is 0 Å². The summed E-state index contributed by atoms with van der Waals surface area (Å²) in [6, 6.07) is 24.5. The lowest BCUT2D eigenvalue weighted by Gasteiger charge is -2.07. The average molecular weight is 348 g/mol. The summed E-state index contributed by atoms with van der Waals surface area (Å²) in [5.74, 6) is 0.326. The van der Waals surface area contributed by atoms with Gasteiger partial charge in [0, 0.05) is 26.1 Å². The van der Waals surface area contributed by atoms with Crippen LogP contribution in [0.2, 0.25) is 0 Å². The minimum absolute atomic E-state index is 0.326. The number of rotatable bonds is 3. The van der Waals surface area contributed by atoms with Gasteiger partial charge in [0.25, 0.3) is 0 Å². The highest BCUT2D eigenvalue weighted by Crippen LogP contribution is 2.48. The van der Waals surface area contributed by atoms with Gasteiger partial charge >= 0.3 is 0 Å². The first-order valence-electron chi connectivity index (χ1n) is 7.77. The van der Waals surface area contributed by atoms with Crippen LogP contribution in [-0.2, 0) is 0 Å². The van der Waals surface area contributed by atoms with E-state index in [-0.39, 0.29) is 0 Å². The lowest BCUT2D eigenvalue weighted by Crippen LogP contribution is -1.80. The molecule has 0 unspecified atom stereocenters. The van der Waals surface area contributed by atoms with Crippen molar-refractivity contribution in [1.82, 2.24) is 0 Å². The molecule has 0 aliphatic carbocycles. The summed E-state index contributed by atoms with van der Waals surface area (Å²) in [4.78, 5) is 1.21. The second-order valence-corrected chi connectivity index (χ2v) is 8.09. The van der Waals surface area contributed by atoms with Crippen molar-refractivity contribution >= 4 is 33.2 Å². The number of benzene rings is 3. The lowest BCUT2D eigenvalue weighted by molar-refractivity contribution is 0.477. The SMILES string of the molecule is Cc1ccc(Sc2sc3ccccc3c2-c2ccccc2O)cc1. The van der Waals surface area contributed by atoms with E-state index in [9.17, 15) is 5.11 Å². The largest absolute Gasteiger partial charge is 0.507 e. The van der Waals surface area contributed by atoms with E-state index in [4.69, 9.17) is 0 Å². The average Bonchev–Trinajstić information content (AvgIpc) is 2.95. The van der Waals surface area contributed by atoms with Crippen LogP contribution in [0.5, 0.6) is 5.75 Å². The molecule has 0 atom stereocenters. The van der Waals surface area contributed by atoms with E-state index in [1.165, 1.54) is 24.8 Å². The topological polar surface area (TPSA) is 20.2 Å². The maximum absolute atomic E-state index is 10.4. The van der Waals surface area contributed by atoms with Crippen LogP contribution >= 0.6 is 23.1 Å². The van der Waals surface area contributed by atoms with Gasteiger partial charge in [-0.05, 0) is 31.2 Å². The lowest BCUT2D eigenvalue weighted by atomic mass is 10.0. The maximum atomic E-state index is 10.4. The van der Waals surface area contributed by atoms with E-state index < -0.39 is 0 Å². The molecule has 1 heterocycles. The van der Waals surface area contributed by atoms with Crippen molar-refractivity contribution in [3.05, 3.63) is 78.4 Å². The fourth-order valence-corrected chi connectivity index (χ4v) is 5.23. The Bertz CT molecular complexity index is 1000. The van der Waals surface area contributed by atoms with Crippen molar-refractivity contribution in [3.63, 3.8) is 0 Å². The Hall–Kier alpha value is -2.23. The number of phenols is 1. The molecule has 0 spiro atoms. The first kappa shape index (κ1) is 15.3. The summed E-state index contributed by atoms with van der Waals surface area (Å²) in [5, 5.41) is 11.6. The summed E-state index contributed by atoms with van der Waals surface area (Å²) in [7, 11) is 0. The first-order valence-corrected chi connectivity index (χ1v) is 9.40. The molecule has 0 radical (unpaired) electrons. The molecule has 0 aliphatic rings. The van der Waals surface area contributed by atoms with Crippen molar-refractivity contribution in [3.8, 4) is 16.9 Å². The van der Waals surface area contributed by atoms with E-state index in [0.717, 1.165) is 11.1 Å². The van der Waals surface area contributed by atoms with Crippen LogP contribution in [0.15, 0.2) is 81.9 Å².